The molecule has 1 fully saturated rings. The van der Waals surface area contributed by atoms with E-state index in [9.17, 15) is 18.0 Å². The van der Waals surface area contributed by atoms with Crippen molar-refractivity contribution >= 4 is 21.7 Å². The van der Waals surface area contributed by atoms with Crippen LogP contribution in [0.25, 0.3) is 0 Å². The van der Waals surface area contributed by atoms with E-state index in [1.54, 1.807) is 0 Å². The van der Waals surface area contributed by atoms with E-state index < -0.39 is 27.5 Å². The molecule has 2 unspecified atom stereocenters. The zero-order valence-corrected chi connectivity index (χ0v) is 13.4. The number of rotatable bonds is 4. The lowest BCUT2D eigenvalue weighted by Crippen LogP contribution is -2.71. The fourth-order valence-electron chi connectivity index (χ4n) is 3.11. The van der Waals surface area contributed by atoms with Gasteiger partial charge in [-0.2, -0.15) is 0 Å². The van der Waals surface area contributed by atoms with Crippen LogP contribution in [0.3, 0.4) is 0 Å². The number of carbonyl (C=O) groups excluding carboxylic acids is 2. The predicted octanol–water partition coefficient (Wildman–Crippen LogP) is 0.593. The average Bonchev–Trinajstić information content (AvgIpc) is 2.80. The van der Waals surface area contributed by atoms with Crippen LogP contribution < -0.4 is 5.32 Å². The monoisotopic (exact) mass is 314 g/mol. The molecule has 7 heteroatoms. The van der Waals surface area contributed by atoms with Gasteiger partial charge in [0, 0.05) is 5.41 Å². The molecule has 0 aromatic rings. The molecule has 0 aromatic heterocycles. The molecule has 118 valence electrons. The van der Waals surface area contributed by atoms with Gasteiger partial charge in [0.05, 0.1) is 11.8 Å². The van der Waals surface area contributed by atoms with Gasteiger partial charge in [-0.3, -0.25) is 9.59 Å². The third-order valence-electron chi connectivity index (χ3n) is 4.51. The quantitative estimate of drug-likeness (QED) is 0.823. The van der Waals surface area contributed by atoms with Crippen molar-refractivity contribution in [1.82, 2.24) is 10.2 Å². The largest absolute Gasteiger partial charge is 0.340 e. The van der Waals surface area contributed by atoms with E-state index in [1.807, 2.05) is 20.8 Å². The number of carbonyl (C=O) groups is 2. The van der Waals surface area contributed by atoms with Gasteiger partial charge in [-0.1, -0.05) is 20.8 Å². The van der Waals surface area contributed by atoms with Crippen LogP contribution in [0.4, 0.5) is 0 Å². The zero-order chi connectivity index (χ0) is 15.8. The maximum absolute atomic E-state index is 12.9. The van der Waals surface area contributed by atoms with Gasteiger partial charge >= 0.3 is 0 Å². The average molecular weight is 314 g/mol. The number of piperazine rings is 1. The summed E-state index contributed by atoms with van der Waals surface area (Å²) in [5, 5.41) is 3.99. The van der Waals surface area contributed by atoms with Crippen molar-refractivity contribution in [3.8, 4) is 0 Å². The molecule has 2 heterocycles. The molecule has 0 spiro atoms. The van der Waals surface area contributed by atoms with Crippen LogP contribution in [0.15, 0.2) is 11.5 Å². The van der Waals surface area contributed by atoms with Crippen LogP contribution in [0.1, 0.15) is 40.0 Å². The fraction of sp³-hybridized carbons (Fsp3) is 0.714. The van der Waals surface area contributed by atoms with Crippen LogP contribution in [-0.4, -0.2) is 48.5 Å². The van der Waals surface area contributed by atoms with Crippen molar-refractivity contribution in [1.29, 1.82) is 0 Å². The first-order valence-corrected chi connectivity index (χ1v) is 9.07. The molecule has 2 aliphatic rings. The minimum absolute atomic E-state index is 0.133. The Balaban J connectivity index is 2.41. The summed E-state index contributed by atoms with van der Waals surface area (Å²) in [6.45, 7) is 5.53. The number of amides is 2. The second-order valence-electron chi connectivity index (χ2n) is 5.64. The lowest BCUT2D eigenvalue weighted by atomic mass is 9.86. The lowest BCUT2D eigenvalue weighted by Gasteiger charge is -2.47. The molecule has 0 aromatic carbocycles. The molecule has 0 radical (unpaired) electrons. The van der Waals surface area contributed by atoms with Crippen LogP contribution >= 0.6 is 0 Å². The van der Waals surface area contributed by atoms with Crippen LogP contribution in [0.2, 0.25) is 0 Å². The van der Waals surface area contributed by atoms with Crippen molar-refractivity contribution in [2.45, 2.75) is 57.7 Å². The van der Waals surface area contributed by atoms with E-state index in [4.69, 9.17) is 0 Å². The second-order valence-corrected chi connectivity index (χ2v) is 7.57. The SMILES string of the molecule is CCC1C(=O)NC(CC)(CC)C(=O)N1C1C=CS(=O)(=O)C1. The molecule has 1 saturated heterocycles. The number of hydrogen-bond acceptors (Lipinski definition) is 4. The fourth-order valence-corrected chi connectivity index (χ4v) is 4.39. The molecule has 0 aliphatic carbocycles. The summed E-state index contributed by atoms with van der Waals surface area (Å²) < 4.78 is 23.3. The first kappa shape index (κ1) is 16.0. The molecule has 6 nitrogen and oxygen atoms in total. The first-order valence-electron chi connectivity index (χ1n) is 7.36. The van der Waals surface area contributed by atoms with Crippen molar-refractivity contribution < 1.29 is 18.0 Å². The third-order valence-corrected chi connectivity index (χ3v) is 5.88. The van der Waals surface area contributed by atoms with Gasteiger partial charge in [0.25, 0.3) is 0 Å². The Morgan fingerprint density at radius 2 is 1.90 bits per heavy atom. The first-order chi connectivity index (χ1) is 9.80. The summed E-state index contributed by atoms with van der Waals surface area (Å²) in [7, 11) is -3.27. The van der Waals surface area contributed by atoms with E-state index in [2.05, 4.69) is 5.32 Å². The number of nitrogens with one attached hydrogen (secondary N) is 1. The lowest BCUT2D eigenvalue weighted by molar-refractivity contribution is -0.157. The van der Waals surface area contributed by atoms with Gasteiger partial charge in [0.15, 0.2) is 9.84 Å². The molecular weight excluding hydrogens is 292 g/mol. The summed E-state index contributed by atoms with van der Waals surface area (Å²) in [6.07, 6.45) is 2.96. The number of sulfone groups is 1. The van der Waals surface area contributed by atoms with Crippen molar-refractivity contribution in [3.63, 3.8) is 0 Å². The highest BCUT2D eigenvalue weighted by Crippen LogP contribution is 2.30. The van der Waals surface area contributed by atoms with E-state index in [-0.39, 0.29) is 17.6 Å². The Bertz CT molecular complexity index is 578. The normalized spacial score (nSPS) is 30.5. The summed E-state index contributed by atoms with van der Waals surface area (Å²) in [5.41, 5.74) is -0.914. The number of hydrogen-bond donors (Lipinski definition) is 1. The Morgan fingerprint density at radius 3 is 2.33 bits per heavy atom. The molecule has 21 heavy (non-hydrogen) atoms. The summed E-state index contributed by atoms with van der Waals surface area (Å²) in [6, 6.07) is -1.15. The maximum Gasteiger partial charge on any atom is 0.249 e. The van der Waals surface area contributed by atoms with E-state index in [0.717, 1.165) is 5.41 Å². The molecule has 0 bridgehead atoms. The van der Waals surface area contributed by atoms with Crippen LogP contribution in [-0.2, 0) is 19.4 Å². The maximum atomic E-state index is 12.9. The van der Waals surface area contributed by atoms with E-state index in [1.165, 1.54) is 11.0 Å². The highest BCUT2D eigenvalue weighted by atomic mass is 32.2. The molecule has 2 atom stereocenters. The minimum atomic E-state index is -3.27. The molecule has 0 saturated carbocycles. The Morgan fingerprint density at radius 1 is 1.29 bits per heavy atom. The highest BCUT2D eigenvalue weighted by Gasteiger charge is 2.51. The van der Waals surface area contributed by atoms with Crippen LogP contribution in [0.5, 0.6) is 0 Å². The summed E-state index contributed by atoms with van der Waals surface area (Å²) >= 11 is 0. The van der Waals surface area contributed by atoms with Gasteiger partial charge in [-0.15, -0.1) is 0 Å². The van der Waals surface area contributed by atoms with Gasteiger partial charge < -0.3 is 10.2 Å². The van der Waals surface area contributed by atoms with Crippen molar-refractivity contribution in [2.75, 3.05) is 5.75 Å². The molecule has 1 N–H and O–H groups in total. The Hall–Kier alpha value is -1.37. The zero-order valence-electron chi connectivity index (χ0n) is 12.6. The summed E-state index contributed by atoms with van der Waals surface area (Å²) in [4.78, 5) is 26.7. The standard InChI is InChI=1S/C14H22N2O4S/c1-4-11-12(17)15-14(5-2,6-3)13(18)16(11)10-7-8-21(19,20)9-10/h7-8,10-11H,4-6,9H2,1-3H3,(H,15,17). The van der Waals surface area contributed by atoms with Gasteiger partial charge in [0.1, 0.15) is 11.6 Å². The van der Waals surface area contributed by atoms with Gasteiger partial charge in [-0.25, -0.2) is 8.42 Å². The number of nitrogens with zero attached hydrogens (tertiary/aromatic N) is 1. The molecule has 2 rings (SSSR count). The predicted molar refractivity (Wildman–Crippen MR) is 79.1 cm³/mol. The summed E-state index contributed by atoms with van der Waals surface area (Å²) in [5.74, 6) is -0.504. The molecular formula is C14H22N2O4S. The minimum Gasteiger partial charge on any atom is -0.340 e. The van der Waals surface area contributed by atoms with Crippen molar-refractivity contribution in [3.05, 3.63) is 11.5 Å². The van der Waals surface area contributed by atoms with E-state index in [0.29, 0.717) is 19.3 Å². The molecule has 2 amide bonds. The highest BCUT2D eigenvalue weighted by molar-refractivity contribution is 7.94. The van der Waals surface area contributed by atoms with Gasteiger partial charge in [-0.05, 0) is 25.3 Å². The Labute approximate surface area is 125 Å². The molecule has 2 aliphatic heterocycles. The van der Waals surface area contributed by atoms with Crippen molar-refractivity contribution in [2.24, 2.45) is 0 Å². The third kappa shape index (κ3) is 2.59. The topological polar surface area (TPSA) is 83.6 Å². The van der Waals surface area contributed by atoms with Gasteiger partial charge in [0.2, 0.25) is 11.8 Å². The van der Waals surface area contributed by atoms with Crippen LogP contribution in [0, 0.1) is 0 Å². The smallest absolute Gasteiger partial charge is 0.249 e. The second kappa shape index (κ2) is 5.44. The Kier molecular flexibility index (Phi) is 4.15. The van der Waals surface area contributed by atoms with E-state index >= 15 is 0 Å².